The molecular weight excluding hydrogens is 184 g/mol. The topological polar surface area (TPSA) is 40.1 Å². The Morgan fingerprint density at radius 3 is 2.33 bits per heavy atom. The summed E-state index contributed by atoms with van der Waals surface area (Å²) in [5.74, 6) is -0.701. The Balaban J connectivity index is 2.59. The number of aliphatic carboxylic acids is 1. The molecule has 0 spiro atoms. The van der Waals surface area contributed by atoms with Gasteiger partial charge >= 0.3 is 0 Å². The molecule has 0 aromatic rings. The zero-order chi connectivity index (χ0) is 7.07. The van der Waals surface area contributed by atoms with Crippen LogP contribution in [0.5, 0.6) is 0 Å². The standard InChI is InChI=1S/C6H9BrO2/c1-6(7,5(8)9)4-2-3-4/h4H,2-3H2,1H3,(H,8,9)/p-1. The lowest BCUT2D eigenvalue weighted by molar-refractivity contribution is -0.309. The number of carboxylic acid groups (broad SMARTS) is 1. The van der Waals surface area contributed by atoms with Crippen molar-refractivity contribution in [2.45, 2.75) is 24.1 Å². The van der Waals surface area contributed by atoms with Gasteiger partial charge in [0.15, 0.2) is 0 Å². The van der Waals surface area contributed by atoms with Crippen molar-refractivity contribution in [3.8, 4) is 0 Å². The number of alkyl halides is 1. The van der Waals surface area contributed by atoms with E-state index >= 15 is 0 Å². The van der Waals surface area contributed by atoms with Crippen molar-refractivity contribution in [1.82, 2.24) is 0 Å². The fourth-order valence-electron chi connectivity index (χ4n) is 0.792. The van der Waals surface area contributed by atoms with E-state index < -0.39 is 10.3 Å². The zero-order valence-electron chi connectivity index (χ0n) is 5.19. The fraction of sp³-hybridized carbons (Fsp3) is 0.833. The molecule has 1 fully saturated rings. The molecule has 2 nitrogen and oxygen atoms in total. The molecule has 0 amide bonds. The van der Waals surface area contributed by atoms with Gasteiger partial charge in [0.25, 0.3) is 0 Å². The van der Waals surface area contributed by atoms with Crippen LogP contribution in [0.3, 0.4) is 0 Å². The first-order valence-electron chi connectivity index (χ1n) is 2.95. The van der Waals surface area contributed by atoms with Crippen molar-refractivity contribution >= 4 is 21.9 Å². The largest absolute Gasteiger partial charge is 0.549 e. The van der Waals surface area contributed by atoms with E-state index in [-0.39, 0.29) is 0 Å². The van der Waals surface area contributed by atoms with Crippen molar-refractivity contribution in [1.29, 1.82) is 0 Å². The first kappa shape index (κ1) is 7.06. The van der Waals surface area contributed by atoms with Crippen LogP contribution < -0.4 is 5.11 Å². The molecule has 0 heterocycles. The van der Waals surface area contributed by atoms with Gasteiger partial charge in [-0.3, -0.25) is 0 Å². The van der Waals surface area contributed by atoms with Crippen LogP contribution in [-0.4, -0.2) is 10.3 Å². The third kappa shape index (κ3) is 1.26. The van der Waals surface area contributed by atoms with Gasteiger partial charge in [0.05, 0.1) is 10.3 Å². The highest BCUT2D eigenvalue weighted by atomic mass is 79.9. The van der Waals surface area contributed by atoms with Gasteiger partial charge < -0.3 is 9.90 Å². The van der Waals surface area contributed by atoms with Crippen LogP contribution in [0, 0.1) is 5.92 Å². The van der Waals surface area contributed by atoms with Crippen molar-refractivity contribution < 1.29 is 9.90 Å². The summed E-state index contributed by atoms with van der Waals surface area (Å²) in [6.45, 7) is 1.65. The van der Waals surface area contributed by atoms with Crippen LogP contribution in [0.2, 0.25) is 0 Å². The molecule has 0 radical (unpaired) electrons. The number of carbonyl (C=O) groups is 1. The third-order valence-corrected chi connectivity index (χ3v) is 2.71. The predicted molar refractivity (Wildman–Crippen MR) is 35.1 cm³/mol. The maximum absolute atomic E-state index is 10.3. The molecule has 1 aliphatic rings. The quantitative estimate of drug-likeness (QED) is 0.590. The molecule has 0 aliphatic heterocycles. The Labute approximate surface area is 62.4 Å². The summed E-state index contributed by atoms with van der Waals surface area (Å²) in [6, 6.07) is 0. The molecule has 9 heavy (non-hydrogen) atoms. The van der Waals surface area contributed by atoms with Gasteiger partial charge in [0, 0.05) is 0 Å². The number of hydrogen-bond donors (Lipinski definition) is 0. The maximum Gasteiger partial charge on any atom is 0.0651 e. The van der Waals surface area contributed by atoms with Gasteiger partial charge in [-0.15, -0.1) is 0 Å². The molecule has 3 heteroatoms. The average Bonchev–Trinajstić information content (AvgIpc) is 2.42. The molecule has 1 atom stereocenters. The van der Waals surface area contributed by atoms with Gasteiger partial charge in [0.2, 0.25) is 0 Å². The molecule has 0 bridgehead atoms. The zero-order valence-corrected chi connectivity index (χ0v) is 6.77. The summed E-state index contributed by atoms with van der Waals surface area (Å²) in [5, 5.41) is 10.3. The second kappa shape index (κ2) is 1.97. The lowest BCUT2D eigenvalue weighted by Crippen LogP contribution is -2.42. The Morgan fingerprint density at radius 2 is 2.22 bits per heavy atom. The van der Waals surface area contributed by atoms with E-state index in [9.17, 15) is 9.90 Å². The number of hydrogen-bond acceptors (Lipinski definition) is 2. The summed E-state index contributed by atoms with van der Waals surface area (Å²) in [6.07, 6.45) is 2.02. The van der Waals surface area contributed by atoms with Gasteiger partial charge in [-0.1, -0.05) is 15.9 Å². The predicted octanol–water partition coefficient (Wildman–Crippen LogP) is 0.300. The van der Waals surface area contributed by atoms with Crippen LogP contribution in [0.1, 0.15) is 19.8 Å². The van der Waals surface area contributed by atoms with Crippen molar-refractivity contribution in [3.63, 3.8) is 0 Å². The minimum Gasteiger partial charge on any atom is -0.549 e. The Morgan fingerprint density at radius 1 is 1.78 bits per heavy atom. The first-order valence-corrected chi connectivity index (χ1v) is 3.75. The SMILES string of the molecule is CC(Br)(C(=O)[O-])C1CC1. The number of rotatable bonds is 2. The van der Waals surface area contributed by atoms with Crippen LogP contribution in [0.4, 0.5) is 0 Å². The molecule has 0 saturated heterocycles. The Bertz CT molecular complexity index is 138. The minimum atomic E-state index is -0.995. The number of halogens is 1. The van der Waals surface area contributed by atoms with Gasteiger partial charge in [-0.05, 0) is 25.7 Å². The molecule has 52 valence electrons. The van der Waals surface area contributed by atoms with E-state index in [0.29, 0.717) is 5.92 Å². The molecular formula is C6H8BrO2-. The van der Waals surface area contributed by atoms with E-state index in [2.05, 4.69) is 15.9 Å². The lowest BCUT2D eigenvalue weighted by Gasteiger charge is -2.22. The summed E-state index contributed by atoms with van der Waals surface area (Å²) in [5.41, 5.74) is 0. The highest BCUT2D eigenvalue weighted by Gasteiger charge is 2.40. The second-order valence-corrected chi connectivity index (χ2v) is 4.28. The average molecular weight is 192 g/mol. The summed E-state index contributed by atoms with van der Waals surface area (Å²) >= 11 is 3.11. The van der Waals surface area contributed by atoms with Gasteiger partial charge in [-0.2, -0.15) is 0 Å². The third-order valence-electron chi connectivity index (χ3n) is 1.74. The monoisotopic (exact) mass is 191 g/mol. The molecule has 0 aromatic carbocycles. The second-order valence-electron chi connectivity index (χ2n) is 2.64. The van der Waals surface area contributed by atoms with Gasteiger partial charge in [-0.25, -0.2) is 0 Å². The van der Waals surface area contributed by atoms with E-state index in [0.717, 1.165) is 12.8 Å². The highest BCUT2D eigenvalue weighted by Crippen LogP contribution is 2.44. The number of carboxylic acids is 1. The summed E-state index contributed by atoms with van der Waals surface area (Å²) in [4.78, 5) is 10.3. The Kier molecular flexibility index (Phi) is 1.55. The van der Waals surface area contributed by atoms with E-state index in [1.807, 2.05) is 0 Å². The maximum atomic E-state index is 10.3. The molecule has 0 N–H and O–H groups in total. The van der Waals surface area contributed by atoms with Gasteiger partial charge in [0.1, 0.15) is 0 Å². The molecule has 1 unspecified atom stereocenters. The molecule has 0 aromatic heterocycles. The van der Waals surface area contributed by atoms with E-state index in [1.54, 1.807) is 6.92 Å². The van der Waals surface area contributed by atoms with Crippen LogP contribution >= 0.6 is 15.9 Å². The molecule has 1 saturated carbocycles. The molecule has 1 aliphatic carbocycles. The summed E-state index contributed by atoms with van der Waals surface area (Å²) in [7, 11) is 0. The van der Waals surface area contributed by atoms with Crippen LogP contribution in [0.15, 0.2) is 0 Å². The Hall–Kier alpha value is -0.0500. The normalized spacial score (nSPS) is 25.1. The van der Waals surface area contributed by atoms with Crippen molar-refractivity contribution in [2.75, 3.05) is 0 Å². The van der Waals surface area contributed by atoms with Crippen LogP contribution in [0.25, 0.3) is 0 Å². The highest BCUT2D eigenvalue weighted by molar-refractivity contribution is 9.10. The smallest absolute Gasteiger partial charge is 0.0651 e. The van der Waals surface area contributed by atoms with Crippen LogP contribution in [-0.2, 0) is 4.79 Å². The minimum absolute atomic E-state index is 0.294. The lowest BCUT2D eigenvalue weighted by atomic mass is 10.1. The fourth-order valence-corrected chi connectivity index (χ4v) is 1.25. The van der Waals surface area contributed by atoms with Crippen molar-refractivity contribution in [2.24, 2.45) is 5.92 Å². The number of carbonyl (C=O) groups excluding carboxylic acids is 1. The first-order chi connectivity index (χ1) is 4.05. The van der Waals surface area contributed by atoms with E-state index in [1.165, 1.54) is 0 Å². The molecule has 1 rings (SSSR count). The van der Waals surface area contributed by atoms with E-state index in [4.69, 9.17) is 0 Å². The summed E-state index contributed by atoms with van der Waals surface area (Å²) < 4.78 is -0.771. The van der Waals surface area contributed by atoms with Crippen molar-refractivity contribution in [3.05, 3.63) is 0 Å².